The molecule has 0 atom stereocenters. The first-order valence-electron chi connectivity index (χ1n) is 6.04. The molecule has 1 aromatic heterocycles. The van der Waals surface area contributed by atoms with Crippen LogP contribution < -0.4 is 5.73 Å². The van der Waals surface area contributed by atoms with Gasteiger partial charge >= 0.3 is 0 Å². The Morgan fingerprint density at radius 1 is 1.14 bits per heavy atom. The summed E-state index contributed by atoms with van der Waals surface area (Å²) < 4.78 is 40.3. The van der Waals surface area contributed by atoms with E-state index in [1.165, 1.54) is 22.8 Å². The number of rotatable bonds is 3. The van der Waals surface area contributed by atoms with Gasteiger partial charge in [-0.3, -0.25) is 4.57 Å². The number of para-hydroxylation sites is 1. The van der Waals surface area contributed by atoms with E-state index in [9.17, 15) is 13.2 Å². The standard InChI is InChI=1S/C14H10F3N3S/c15-8-5-6-9-11(7-8)20(14(18)19-9)10-3-1-2-4-12(10)21-13(16)17/h1-7,13H,(H2,18,19). The lowest BCUT2D eigenvalue weighted by molar-refractivity contribution is 0.252. The lowest BCUT2D eigenvalue weighted by atomic mass is 10.2. The van der Waals surface area contributed by atoms with Crippen molar-refractivity contribution in [1.82, 2.24) is 9.55 Å². The maximum atomic E-state index is 13.4. The number of benzene rings is 2. The number of hydrogen-bond donors (Lipinski definition) is 1. The predicted octanol–water partition coefficient (Wildman–Crippen LogP) is 4.06. The molecule has 108 valence electrons. The third kappa shape index (κ3) is 2.56. The number of thioether (sulfide) groups is 1. The number of anilines is 1. The van der Waals surface area contributed by atoms with Gasteiger partial charge in [-0.25, -0.2) is 9.37 Å². The summed E-state index contributed by atoms with van der Waals surface area (Å²) in [5.41, 5.74) is 7.26. The summed E-state index contributed by atoms with van der Waals surface area (Å²) in [5, 5.41) is 0. The number of hydrogen-bond acceptors (Lipinski definition) is 3. The molecule has 0 saturated heterocycles. The van der Waals surface area contributed by atoms with Gasteiger partial charge in [-0.2, -0.15) is 8.78 Å². The molecule has 3 aromatic rings. The van der Waals surface area contributed by atoms with E-state index < -0.39 is 11.6 Å². The molecular weight excluding hydrogens is 299 g/mol. The molecule has 1 heterocycles. The van der Waals surface area contributed by atoms with Crippen molar-refractivity contribution in [1.29, 1.82) is 0 Å². The summed E-state index contributed by atoms with van der Waals surface area (Å²) in [6.45, 7) is 0. The molecule has 21 heavy (non-hydrogen) atoms. The Kier molecular flexibility index (Phi) is 3.50. The van der Waals surface area contributed by atoms with E-state index in [1.807, 2.05) is 0 Å². The van der Waals surface area contributed by atoms with Crippen molar-refractivity contribution in [2.75, 3.05) is 5.73 Å². The minimum Gasteiger partial charge on any atom is -0.369 e. The summed E-state index contributed by atoms with van der Waals surface area (Å²) in [5.74, 6) is -2.88. The zero-order chi connectivity index (χ0) is 15.0. The summed E-state index contributed by atoms with van der Waals surface area (Å²) in [4.78, 5) is 4.48. The first-order chi connectivity index (χ1) is 10.1. The van der Waals surface area contributed by atoms with Gasteiger partial charge in [-0.1, -0.05) is 23.9 Å². The third-order valence-corrected chi connectivity index (χ3v) is 3.74. The average molecular weight is 309 g/mol. The van der Waals surface area contributed by atoms with Gasteiger partial charge in [0, 0.05) is 11.0 Å². The number of fused-ring (bicyclic) bond motifs is 1. The Hall–Kier alpha value is -2.15. The zero-order valence-electron chi connectivity index (χ0n) is 10.6. The van der Waals surface area contributed by atoms with E-state index in [2.05, 4.69) is 4.98 Å². The second-order valence-corrected chi connectivity index (χ2v) is 5.32. The summed E-state index contributed by atoms with van der Waals surface area (Å²) in [6.07, 6.45) is 0. The van der Waals surface area contributed by atoms with Crippen molar-refractivity contribution < 1.29 is 13.2 Å². The van der Waals surface area contributed by atoms with E-state index in [1.54, 1.807) is 24.3 Å². The molecule has 0 unspecified atom stereocenters. The maximum absolute atomic E-state index is 13.4. The van der Waals surface area contributed by atoms with Crippen molar-refractivity contribution in [2.45, 2.75) is 10.7 Å². The van der Waals surface area contributed by atoms with E-state index >= 15 is 0 Å². The van der Waals surface area contributed by atoms with Crippen LogP contribution in [0.1, 0.15) is 0 Å². The smallest absolute Gasteiger partial charge is 0.288 e. The molecule has 0 saturated carbocycles. The Morgan fingerprint density at radius 2 is 1.90 bits per heavy atom. The average Bonchev–Trinajstić information content (AvgIpc) is 2.74. The molecule has 0 amide bonds. The fraction of sp³-hybridized carbons (Fsp3) is 0.0714. The van der Waals surface area contributed by atoms with Crippen LogP contribution in [0, 0.1) is 5.82 Å². The van der Waals surface area contributed by atoms with Gasteiger partial charge in [0.2, 0.25) is 5.95 Å². The molecule has 0 aliphatic heterocycles. The van der Waals surface area contributed by atoms with Crippen molar-refractivity contribution >= 4 is 28.7 Å². The Labute approximate surface area is 122 Å². The normalized spacial score (nSPS) is 11.4. The van der Waals surface area contributed by atoms with E-state index in [0.717, 1.165) is 0 Å². The molecule has 3 rings (SSSR count). The number of alkyl halides is 2. The van der Waals surface area contributed by atoms with Crippen LogP contribution >= 0.6 is 11.8 Å². The van der Waals surface area contributed by atoms with Crippen molar-refractivity contribution in [3.63, 3.8) is 0 Å². The fourth-order valence-electron chi connectivity index (χ4n) is 2.16. The van der Waals surface area contributed by atoms with Crippen molar-refractivity contribution in [3.05, 3.63) is 48.3 Å². The lowest BCUT2D eigenvalue weighted by Gasteiger charge is -2.11. The lowest BCUT2D eigenvalue weighted by Crippen LogP contribution is -2.02. The quantitative estimate of drug-likeness (QED) is 0.742. The fourth-order valence-corrected chi connectivity index (χ4v) is 2.79. The second-order valence-electron chi connectivity index (χ2n) is 4.28. The molecule has 0 aliphatic carbocycles. The van der Waals surface area contributed by atoms with Gasteiger partial charge in [-0.15, -0.1) is 0 Å². The van der Waals surface area contributed by atoms with Crippen LogP contribution in [0.15, 0.2) is 47.4 Å². The van der Waals surface area contributed by atoms with Crippen molar-refractivity contribution in [3.8, 4) is 5.69 Å². The number of nitrogen functional groups attached to an aromatic ring is 1. The first-order valence-corrected chi connectivity index (χ1v) is 6.92. The molecule has 0 spiro atoms. The largest absolute Gasteiger partial charge is 0.369 e. The molecule has 0 bridgehead atoms. The molecule has 3 nitrogen and oxygen atoms in total. The summed E-state index contributed by atoms with van der Waals surface area (Å²) >= 11 is 0.413. The molecule has 0 aliphatic rings. The number of nitrogens with two attached hydrogens (primary N) is 1. The second kappa shape index (κ2) is 5.33. The molecule has 2 aromatic carbocycles. The molecule has 0 fully saturated rings. The number of aromatic nitrogens is 2. The topological polar surface area (TPSA) is 43.8 Å². The Balaban J connectivity index is 2.25. The molecule has 7 heteroatoms. The molecule has 0 radical (unpaired) electrons. The molecule has 2 N–H and O–H groups in total. The monoisotopic (exact) mass is 309 g/mol. The Bertz CT molecular complexity index is 801. The van der Waals surface area contributed by atoms with Crippen LogP contribution in [-0.2, 0) is 0 Å². The van der Waals surface area contributed by atoms with Crippen LogP contribution in [-0.4, -0.2) is 15.3 Å². The minimum atomic E-state index is -2.56. The van der Waals surface area contributed by atoms with E-state index in [0.29, 0.717) is 33.4 Å². The van der Waals surface area contributed by atoms with Crippen LogP contribution in [0.3, 0.4) is 0 Å². The Morgan fingerprint density at radius 3 is 2.67 bits per heavy atom. The van der Waals surface area contributed by atoms with Gasteiger partial charge in [0.25, 0.3) is 5.76 Å². The summed E-state index contributed by atoms with van der Waals surface area (Å²) in [6, 6.07) is 10.6. The van der Waals surface area contributed by atoms with Gasteiger partial charge in [-0.05, 0) is 24.3 Å². The highest BCUT2D eigenvalue weighted by Crippen LogP contribution is 2.33. The first kappa shape index (κ1) is 13.8. The third-order valence-electron chi connectivity index (χ3n) is 2.96. The summed E-state index contributed by atoms with van der Waals surface area (Å²) in [7, 11) is 0. The van der Waals surface area contributed by atoms with Crippen LogP contribution in [0.25, 0.3) is 16.7 Å². The van der Waals surface area contributed by atoms with Gasteiger partial charge in [0.15, 0.2) is 0 Å². The minimum absolute atomic E-state index is 0.123. The highest BCUT2D eigenvalue weighted by molar-refractivity contribution is 7.99. The number of imidazole rings is 1. The maximum Gasteiger partial charge on any atom is 0.288 e. The predicted molar refractivity (Wildman–Crippen MR) is 77.3 cm³/mol. The van der Waals surface area contributed by atoms with E-state index in [4.69, 9.17) is 5.73 Å². The highest BCUT2D eigenvalue weighted by Gasteiger charge is 2.16. The molecular formula is C14H10F3N3S. The van der Waals surface area contributed by atoms with Gasteiger partial charge in [0.1, 0.15) is 5.82 Å². The van der Waals surface area contributed by atoms with Crippen LogP contribution in [0.5, 0.6) is 0 Å². The van der Waals surface area contributed by atoms with Gasteiger partial charge in [0.05, 0.1) is 16.7 Å². The number of nitrogens with zero attached hydrogens (tertiary/aromatic N) is 2. The van der Waals surface area contributed by atoms with Crippen LogP contribution in [0.2, 0.25) is 0 Å². The zero-order valence-corrected chi connectivity index (χ0v) is 11.4. The number of halogens is 3. The van der Waals surface area contributed by atoms with Crippen molar-refractivity contribution in [2.24, 2.45) is 0 Å². The van der Waals surface area contributed by atoms with E-state index in [-0.39, 0.29) is 5.95 Å². The SMILES string of the molecule is Nc1nc2ccc(F)cc2n1-c1ccccc1SC(F)F. The highest BCUT2D eigenvalue weighted by atomic mass is 32.2. The van der Waals surface area contributed by atoms with Crippen LogP contribution in [0.4, 0.5) is 19.1 Å². The van der Waals surface area contributed by atoms with Gasteiger partial charge < -0.3 is 5.73 Å².